The second-order valence-electron chi connectivity index (χ2n) is 5.17. The smallest absolute Gasteiger partial charge is 0.250 e. The summed E-state index contributed by atoms with van der Waals surface area (Å²) in [5.41, 5.74) is 6.02. The number of nitrogens with one attached hydrogen (secondary N) is 1. The van der Waals surface area contributed by atoms with Gasteiger partial charge in [-0.25, -0.2) is 0 Å². The van der Waals surface area contributed by atoms with Gasteiger partial charge in [0.05, 0.1) is 21.1 Å². The van der Waals surface area contributed by atoms with Gasteiger partial charge in [0.15, 0.2) is 6.17 Å². The largest absolute Gasteiger partial charge is 0.330 e. The van der Waals surface area contributed by atoms with E-state index < -0.39 is 0 Å². The Labute approximate surface area is 99.1 Å². The van der Waals surface area contributed by atoms with Gasteiger partial charge >= 0.3 is 0 Å². The number of unbranched alkanes of at least 4 members (excludes halogenated alkanes) is 1. The first-order valence-electron chi connectivity index (χ1n) is 5.76. The van der Waals surface area contributed by atoms with Gasteiger partial charge in [-0.1, -0.05) is 6.58 Å². The summed E-state index contributed by atoms with van der Waals surface area (Å²) < 4.78 is 0.712. The number of nitrogens with zero attached hydrogens (tertiary/aromatic N) is 1. The van der Waals surface area contributed by atoms with Crippen LogP contribution in [0.4, 0.5) is 0 Å². The van der Waals surface area contributed by atoms with E-state index in [1.807, 2.05) is 0 Å². The predicted octanol–water partition coefficient (Wildman–Crippen LogP) is 0.840. The molecule has 0 saturated carbocycles. The monoisotopic (exact) mass is 228 g/mol. The quantitative estimate of drug-likeness (QED) is 0.294. The molecule has 1 atom stereocenters. The van der Waals surface area contributed by atoms with Crippen molar-refractivity contribution in [1.29, 1.82) is 0 Å². The molecule has 1 amide bonds. The molecule has 0 aliphatic carbocycles. The van der Waals surface area contributed by atoms with Crippen LogP contribution in [0.1, 0.15) is 26.2 Å². The zero-order valence-corrected chi connectivity index (χ0v) is 11.0. The number of hydrogen-bond donors (Lipinski definition) is 2. The molecule has 16 heavy (non-hydrogen) atoms. The maximum Gasteiger partial charge on any atom is 0.250 e. The molecule has 4 heteroatoms. The molecule has 0 fully saturated rings. The minimum Gasteiger partial charge on any atom is -0.330 e. The van der Waals surface area contributed by atoms with Crippen LogP contribution in [0.3, 0.4) is 0 Å². The molecule has 0 spiro atoms. The fraction of sp³-hybridized carbons (Fsp3) is 0.750. The van der Waals surface area contributed by atoms with Crippen LogP contribution < -0.4 is 11.1 Å². The Morgan fingerprint density at radius 1 is 1.38 bits per heavy atom. The molecule has 0 aliphatic heterocycles. The van der Waals surface area contributed by atoms with E-state index in [-0.39, 0.29) is 12.1 Å². The molecule has 0 heterocycles. The highest BCUT2D eigenvalue weighted by molar-refractivity contribution is 5.92. The van der Waals surface area contributed by atoms with E-state index in [4.69, 9.17) is 5.73 Å². The summed E-state index contributed by atoms with van der Waals surface area (Å²) in [6.07, 6.45) is 3.10. The molecule has 0 rings (SSSR count). The molecule has 1 unspecified atom stereocenters. The highest BCUT2D eigenvalue weighted by atomic mass is 16.1. The normalized spacial score (nSPS) is 13.3. The minimum atomic E-state index is -0.0641. The highest BCUT2D eigenvalue weighted by Gasteiger charge is 2.24. The summed E-state index contributed by atoms with van der Waals surface area (Å²) in [5, 5.41) is 3.01. The fourth-order valence-electron chi connectivity index (χ4n) is 1.41. The lowest BCUT2D eigenvalue weighted by atomic mass is 10.1. The highest BCUT2D eigenvalue weighted by Crippen LogP contribution is 2.09. The molecular weight excluding hydrogens is 202 g/mol. The maximum absolute atomic E-state index is 11.6. The maximum atomic E-state index is 11.6. The number of hydrogen-bond acceptors (Lipinski definition) is 2. The molecule has 0 aromatic heterocycles. The molecule has 0 bridgehead atoms. The van der Waals surface area contributed by atoms with Crippen molar-refractivity contribution >= 4 is 5.91 Å². The van der Waals surface area contributed by atoms with Crippen LogP contribution in [0.15, 0.2) is 12.2 Å². The first-order chi connectivity index (χ1) is 7.29. The molecule has 0 saturated heterocycles. The summed E-state index contributed by atoms with van der Waals surface area (Å²) in [6.45, 7) is 6.08. The number of nitrogens with two attached hydrogens (primary N) is 1. The van der Waals surface area contributed by atoms with Crippen molar-refractivity contribution in [3.63, 3.8) is 0 Å². The van der Waals surface area contributed by atoms with Crippen LogP contribution in [0.2, 0.25) is 0 Å². The summed E-state index contributed by atoms with van der Waals surface area (Å²) in [4.78, 5) is 11.6. The number of quaternary nitrogens is 1. The van der Waals surface area contributed by atoms with Crippen LogP contribution in [0, 0.1) is 0 Å². The van der Waals surface area contributed by atoms with E-state index in [0.29, 0.717) is 16.6 Å². The molecule has 4 nitrogen and oxygen atoms in total. The van der Waals surface area contributed by atoms with Gasteiger partial charge < -0.3 is 15.5 Å². The van der Waals surface area contributed by atoms with Gasteiger partial charge in [-0.2, -0.15) is 0 Å². The first kappa shape index (κ1) is 15.1. The van der Waals surface area contributed by atoms with E-state index in [1.165, 1.54) is 0 Å². The molecule has 0 aromatic rings. The van der Waals surface area contributed by atoms with Crippen molar-refractivity contribution < 1.29 is 9.28 Å². The molecule has 3 N–H and O–H groups in total. The van der Waals surface area contributed by atoms with Gasteiger partial charge in [-0.3, -0.25) is 4.79 Å². The third-order valence-corrected chi connectivity index (χ3v) is 2.55. The van der Waals surface area contributed by atoms with Crippen molar-refractivity contribution in [2.45, 2.75) is 32.4 Å². The first-order valence-corrected chi connectivity index (χ1v) is 5.76. The van der Waals surface area contributed by atoms with E-state index in [9.17, 15) is 4.79 Å². The summed E-state index contributed by atoms with van der Waals surface area (Å²) in [5.74, 6) is -0.0641. The number of rotatable bonds is 7. The van der Waals surface area contributed by atoms with Crippen molar-refractivity contribution in [3.8, 4) is 0 Å². The summed E-state index contributed by atoms with van der Waals surface area (Å²) in [7, 11) is 6.23. The summed E-state index contributed by atoms with van der Waals surface area (Å²) in [6, 6.07) is 0. The Morgan fingerprint density at radius 2 is 1.94 bits per heavy atom. The average molecular weight is 228 g/mol. The van der Waals surface area contributed by atoms with Gasteiger partial charge in [0.1, 0.15) is 0 Å². The molecule has 0 aliphatic rings. The molecule has 0 aromatic carbocycles. The van der Waals surface area contributed by atoms with Crippen LogP contribution in [0.5, 0.6) is 0 Å². The Balaban J connectivity index is 4.33. The standard InChI is InChI=1S/C12H25N3O/c1-10(2)12(16)14-11(15(3,4)5)8-6-7-9-13/h11H,1,6-9,13H2,2-5H3/p+1. The third-order valence-electron chi connectivity index (χ3n) is 2.55. The van der Waals surface area contributed by atoms with Crippen LogP contribution >= 0.6 is 0 Å². The minimum absolute atomic E-state index is 0.0641. The van der Waals surface area contributed by atoms with Crippen LogP contribution in [-0.2, 0) is 4.79 Å². The van der Waals surface area contributed by atoms with Crippen LogP contribution in [-0.4, -0.2) is 44.2 Å². The van der Waals surface area contributed by atoms with Crippen LogP contribution in [0.25, 0.3) is 0 Å². The number of carbonyl (C=O) groups is 1. The van der Waals surface area contributed by atoms with Crippen molar-refractivity contribution in [1.82, 2.24) is 5.32 Å². The van der Waals surface area contributed by atoms with Gasteiger partial charge in [0.2, 0.25) is 0 Å². The Hall–Kier alpha value is -0.870. The Morgan fingerprint density at radius 3 is 2.31 bits per heavy atom. The molecule has 94 valence electrons. The van der Waals surface area contributed by atoms with E-state index in [0.717, 1.165) is 19.3 Å². The van der Waals surface area contributed by atoms with Crippen molar-refractivity contribution in [2.75, 3.05) is 27.7 Å². The second-order valence-corrected chi connectivity index (χ2v) is 5.17. The predicted molar refractivity (Wildman–Crippen MR) is 67.7 cm³/mol. The van der Waals surface area contributed by atoms with Gasteiger partial charge in [0.25, 0.3) is 5.91 Å². The Bertz CT molecular complexity index is 243. The second kappa shape index (κ2) is 6.66. The number of amides is 1. The summed E-state index contributed by atoms with van der Waals surface area (Å²) >= 11 is 0. The van der Waals surface area contributed by atoms with Crippen molar-refractivity contribution in [2.24, 2.45) is 5.73 Å². The molecular formula is C12H26N3O+. The van der Waals surface area contributed by atoms with Gasteiger partial charge in [-0.15, -0.1) is 0 Å². The zero-order valence-electron chi connectivity index (χ0n) is 11.0. The van der Waals surface area contributed by atoms with Gasteiger partial charge in [0, 0.05) is 12.0 Å². The van der Waals surface area contributed by atoms with E-state index in [1.54, 1.807) is 6.92 Å². The SMILES string of the molecule is C=C(C)C(=O)NC(CCCCN)[N+](C)(C)C. The van der Waals surface area contributed by atoms with E-state index >= 15 is 0 Å². The average Bonchev–Trinajstić information content (AvgIpc) is 2.14. The topological polar surface area (TPSA) is 55.1 Å². The molecule has 0 radical (unpaired) electrons. The third kappa shape index (κ3) is 5.88. The Kier molecular flexibility index (Phi) is 6.29. The van der Waals surface area contributed by atoms with Gasteiger partial charge in [-0.05, 0) is 26.3 Å². The number of carbonyl (C=O) groups excluding carboxylic acids is 1. The lowest BCUT2D eigenvalue weighted by molar-refractivity contribution is -0.898. The fourth-order valence-corrected chi connectivity index (χ4v) is 1.41. The van der Waals surface area contributed by atoms with Crippen molar-refractivity contribution in [3.05, 3.63) is 12.2 Å². The zero-order chi connectivity index (χ0) is 12.8. The van der Waals surface area contributed by atoms with E-state index in [2.05, 4.69) is 33.0 Å². The lowest BCUT2D eigenvalue weighted by Gasteiger charge is -2.34. The lowest BCUT2D eigenvalue weighted by Crippen LogP contribution is -2.55.